The topological polar surface area (TPSA) is 64.4 Å². The van der Waals surface area contributed by atoms with E-state index in [9.17, 15) is 18.1 Å². The van der Waals surface area contributed by atoms with Crippen LogP contribution in [0.15, 0.2) is 40.6 Å². The lowest BCUT2D eigenvalue weighted by Gasteiger charge is -2.35. The van der Waals surface area contributed by atoms with Crippen molar-refractivity contribution in [1.29, 1.82) is 5.26 Å². The highest BCUT2D eigenvalue weighted by Crippen LogP contribution is 2.27. The Morgan fingerprint density at radius 1 is 1.24 bits per heavy atom. The van der Waals surface area contributed by atoms with E-state index in [1.54, 1.807) is 6.92 Å². The molecule has 1 atom stereocenters. The highest BCUT2D eigenvalue weighted by atomic mass is 32.2. The lowest BCUT2D eigenvalue weighted by Crippen LogP contribution is -2.49. The first-order valence-electron chi connectivity index (χ1n) is 7.87. The molecule has 2 aromatic rings. The monoisotopic (exact) mass is 379 g/mol. The molecule has 1 aliphatic heterocycles. The van der Waals surface area contributed by atoms with Gasteiger partial charge in [0.2, 0.25) is 10.0 Å². The van der Waals surface area contributed by atoms with E-state index in [1.165, 1.54) is 33.8 Å². The fourth-order valence-electron chi connectivity index (χ4n) is 2.90. The second kappa shape index (κ2) is 7.22. The Morgan fingerprint density at radius 2 is 1.96 bits per heavy atom. The molecule has 1 aromatic heterocycles. The van der Waals surface area contributed by atoms with Crippen molar-refractivity contribution in [2.45, 2.75) is 17.9 Å². The van der Waals surface area contributed by atoms with Crippen LogP contribution in [0.1, 0.15) is 16.5 Å². The molecule has 0 amide bonds. The third-order valence-corrected chi connectivity index (χ3v) is 7.16. The summed E-state index contributed by atoms with van der Waals surface area (Å²) in [7, 11) is -3.65. The van der Waals surface area contributed by atoms with Crippen molar-refractivity contribution >= 4 is 21.4 Å². The van der Waals surface area contributed by atoms with Gasteiger partial charge in [-0.25, -0.2) is 12.8 Å². The van der Waals surface area contributed by atoms with Crippen LogP contribution >= 0.6 is 11.3 Å². The molecule has 8 heteroatoms. The first-order chi connectivity index (χ1) is 11.9. The molecule has 2 heterocycles. The SMILES string of the molecule is Cc1cc(S(=O)(=O)N2CCN(C(C#N)c3cccs3)CC2)ccc1F. The molecule has 0 spiro atoms. The summed E-state index contributed by atoms with van der Waals surface area (Å²) in [6.07, 6.45) is 0. The van der Waals surface area contributed by atoms with E-state index in [2.05, 4.69) is 6.07 Å². The molecule has 1 unspecified atom stereocenters. The number of nitrogens with zero attached hydrogens (tertiary/aromatic N) is 3. The molecule has 1 aromatic carbocycles. The maximum Gasteiger partial charge on any atom is 0.243 e. The van der Waals surface area contributed by atoms with E-state index in [0.717, 1.165) is 4.88 Å². The smallest absolute Gasteiger partial charge is 0.243 e. The van der Waals surface area contributed by atoms with Crippen LogP contribution in [-0.4, -0.2) is 43.8 Å². The summed E-state index contributed by atoms with van der Waals surface area (Å²) in [5.41, 5.74) is 0.307. The van der Waals surface area contributed by atoms with Crippen LogP contribution < -0.4 is 0 Å². The minimum Gasteiger partial charge on any atom is -0.281 e. The average molecular weight is 379 g/mol. The third kappa shape index (κ3) is 3.60. The van der Waals surface area contributed by atoms with Gasteiger partial charge in [-0.15, -0.1) is 11.3 Å². The lowest BCUT2D eigenvalue weighted by atomic mass is 10.2. The first-order valence-corrected chi connectivity index (χ1v) is 10.2. The van der Waals surface area contributed by atoms with Crippen molar-refractivity contribution in [3.05, 3.63) is 52.0 Å². The molecular weight excluding hydrogens is 361 g/mol. The molecule has 0 saturated carbocycles. The van der Waals surface area contributed by atoms with Gasteiger partial charge < -0.3 is 0 Å². The molecule has 0 radical (unpaired) electrons. The quantitative estimate of drug-likeness (QED) is 0.819. The van der Waals surface area contributed by atoms with Gasteiger partial charge in [-0.3, -0.25) is 4.90 Å². The Bertz CT molecular complexity index is 883. The van der Waals surface area contributed by atoms with E-state index >= 15 is 0 Å². The minimum atomic E-state index is -3.65. The number of sulfonamides is 1. The van der Waals surface area contributed by atoms with Gasteiger partial charge in [-0.1, -0.05) is 6.07 Å². The van der Waals surface area contributed by atoms with Crippen LogP contribution in [-0.2, 0) is 10.0 Å². The zero-order valence-corrected chi connectivity index (χ0v) is 15.4. The summed E-state index contributed by atoms with van der Waals surface area (Å²) in [5.74, 6) is -0.420. The Kier molecular flexibility index (Phi) is 5.20. The fourth-order valence-corrected chi connectivity index (χ4v) is 5.21. The van der Waals surface area contributed by atoms with Gasteiger partial charge in [0.15, 0.2) is 0 Å². The van der Waals surface area contributed by atoms with Crippen molar-refractivity contribution in [3.63, 3.8) is 0 Å². The second-order valence-corrected chi connectivity index (χ2v) is 8.82. The predicted molar refractivity (Wildman–Crippen MR) is 94.1 cm³/mol. The molecule has 1 saturated heterocycles. The Morgan fingerprint density at radius 3 is 2.52 bits per heavy atom. The molecule has 25 heavy (non-hydrogen) atoms. The van der Waals surface area contributed by atoms with Gasteiger partial charge in [0, 0.05) is 31.1 Å². The van der Waals surface area contributed by atoms with Gasteiger partial charge in [0.05, 0.1) is 11.0 Å². The number of rotatable bonds is 4. The van der Waals surface area contributed by atoms with E-state index in [4.69, 9.17) is 0 Å². The zero-order chi connectivity index (χ0) is 18.0. The van der Waals surface area contributed by atoms with Crippen LogP contribution in [0, 0.1) is 24.1 Å². The van der Waals surface area contributed by atoms with Gasteiger partial charge in [-0.05, 0) is 42.1 Å². The van der Waals surface area contributed by atoms with E-state index in [0.29, 0.717) is 31.7 Å². The van der Waals surface area contributed by atoms with Crippen molar-refractivity contribution in [2.24, 2.45) is 0 Å². The second-order valence-electron chi connectivity index (χ2n) is 5.90. The number of piperazine rings is 1. The van der Waals surface area contributed by atoms with E-state index < -0.39 is 15.8 Å². The van der Waals surface area contributed by atoms with E-state index in [-0.39, 0.29) is 10.9 Å². The average Bonchev–Trinajstić information content (AvgIpc) is 3.13. The Balaban J connectivity index is 1.73. The van der Waals surface area contributed by atoms with Crippen LogP contribution in [0.3, 0.4) is 0 Å². The molecule has 5 nitrogen and oxygen atoms in total. The molecule has 1 aliphatic rings. The van der Waals surface area contributed by atoms with Crippen LogP contribution in [0.4, 0.5) is 4.39 Å². The summed E-state index contributed by atoms with van der Waals surface area (Å²) in [6, 6.07) is 9.62. The number of benzene rings is 1. The molecule has 0 N–H and O–H groups in total. The van der Waals surface area contributed by atoms with E-state index in [1.807, 2.05) is 22.4 Å². The van der Waals surface area contributed by atoms with Crippen molar-refractivity contribution < 1.29 is 12.8 Å². The van der Waals surface area contributed by atoms with Crippen molar-refractivity contribution in [3.8, 4) is 6.07 Å². The fraction of sp³-hybridized carbons (Fsp3) is 0.353. The van der Waals surface area contributed by atoms with Crippen LogP contribution in [0.5, 0.6) is 0 Å². The summed E-state index contributed by atoms with van der Waals surface area (Å²) in [5, 5.41) is 11.4. The predicted octanol–water partition coefficient (Wildman–Crippen LogP) is 2.77. The Labute approximate surface area is 151 Å². The molecule has 132 valence electrons. The van der Waals surface area contributed by atoms with Gasteiger partial charge in [-0.2, -0.15) is 9.57 Å². The molecule has 3 rings (SSSR count). The Hall–Kier alpha value is -1.79. The summed E-state index contributed by atoms with van der Waals surface area (Å²) in [6.45, 7) is 3.13. The highest BCUT2D eigenvalue weighted by molar-refractivity contribution is 7.89. The molecule has 1 fully saturated rings. The summed E-state index contributed by atoms with van der Waals surface area (Å²) >= 11 is 1.52. The molecular formula is C17H18FN3O2S2. The number of hydrogen-bond acceptors (Lipinski definition) is 5. The number of halogens is 1. The highest BCUT2D eigenvalue weighted by Gasteiger charge is 2.32. The zero-order valence-electron chi connectivity index (χ0n) is 13.7. The number of thiophene rings is 1. The van der Waals surface area contributed by atoms with Gasteiger partial charge in [0.1, 0.15) is 11.9 Å². The van der Waals surface area contributed by atoms with Crippen LogP contribution in [0.2, 0.25) is 0 Å². The largest absolute Gasteiger partial charge is 0.281 e. The minimum absolute atomic E-state index is 0.106. The number of hydrogen-bond donors (Lipinski definition) is 0. The van der Waals surface area contributed by atoms with Gasteiger partial charge >= 0.3 is 0 Å². The summed E-state index contributed by atoms with van der Waals surface area (Å²) < 4.78 is 40.3. The maximum atomic E-state index is 13.4. The van der Waals surface area contributed by atoms with Crippen molar-refractivity contribution in [1.82, 2.24) is 9.21 Å². The lowest BCUT2D eigenvalue weighted by molar-refractivity contribution is 0.164. The van der Waals surface area contributed by atoms with Crippen LogP contribution in [0.25, 0.3) is 0 Å². The number of aryl methyl sites for hydroxylation is 1. The third-order valence-electron chi connectivity index (χ3n) is 4.34. The molecule has 0 bridgehead atoms. The first kappa shape index (κ1) is 18.0. The van der Waals surface area contributed by atoms with Gasteiger partial charge in [0.25, 0.3) is 0 Å². The standard InChI is InChI=1S/C17H18FN3O2S2/c1-13-11-14(4-5-15(13)18)25(22,23)21-8-6-20(7-9-21)16(12-19)17-3-2-10-24-17/h2-5,10-11,16H,6-9H2,1H3. The summed E-state index contributed by atoms with van der Waals surface area (Å²) in [4.78, 5) is 3.07. The maximum absolute atomic E-state index is 13.4. The van der Waals surface area contributed by atoms with Crippen molar-refractivity contribution in [2.75, 3.05) is 26.2 Å². The normalized spacial score (nSPS) is 18.0. The molecule has 0 aliphatic carbocycles. The number of nitriles is 1.